The first-order valence-electron chi connectivity index (χ1n) is 10.4. The van der Waals surface area contributed by atoms with Crippen molar-refractivity contribution >= 4 is 22.8 Å². The van der Waals surface area contributed by atoms with Gasteiger partial charge in [-0.1, -0.05) is 6.07 Å². The molecule has 0 saturated heterocycles. The van der Waals surface area contributed by atoms with Crippen LogP contribution in [0.3, 0.4) is 0 Å². The highest BCUT2D eigenvalue weighted by Gasteiger charge is 2.13. The molecule has 3 rings (SSSR count). The van der Waals surface area contributed by atoms with Crippen LogP contribution >= 0.6 is 11.3 Å². The van der Waals surface area contributed by atoms with Crippen LogP contribution in [0.5, 0.6) is 5.75 Å². The Labute approximate surface area is 188 Å². The molecule has 1 aromatic carbocycles. The first kappa shape index (κ1) is 22.8. The molecule has 2 aromatic heterocycles. The fraction of sp³-hybridized carbons (Fsp3) is 0.308. The average molecular weight is 435 g/mol. The molecule has 0 fully saturated rings. The molecule has 0 amide bonds. The van der Waals surface area contributed by atoms with Crippen LogP contribution in [0.15, 0.2) is 64.4 Å². The zero-order valence-electron chi connectivity index (χ0n) is 19.2. The summed E-state index contributed by atoms with van der Waals surface area (Å²) in [5.41, 5.74) is 7.13. The van der Waals surface area contributed by atoms with Crippen molar-refractivity contribution in [2.45, 2.75) is 40.5 Å². The quantitative estimate of drug-likeness (QED) is 0.305. The molecule has 0 saturated carbocycles. The van der Waals surface area contributed by atoms with Crippen molar-refractivity contribution in [3.8, 4) is 16.9 Å². The van der Waals surface area contributed by atoms with Gasteiger partial charge in [0.05, 0.1) is 12.8 Å². The normalized spacial score (nSPS) is 12.6. The van der Waals surface area contributed by atoms with E-state index in [1.165, 1.54) is 11.1 Å². The van der Waals surface area contributed by atoms with Gasteiger partial charge in [0, 0.05) is 42.4 Å². The maximum atomic E-state index is 12.3. The molecular weight excluding hydrogens is 404 g/mol. The summed E-state index contributed by atoms with van der Waals surface area (Å²) in [6.07, 6.45) is 5.73. The number of rotatable bonds is 8. The molecule has 0 bridgehead atoms. The number of methoxy groups -OCH3 is 1. The van der Waals surface area contributed by atoms with Crippen molar-refractivity contribution in [3.05, 3.63) is 75.4 Å². The Morgan fingerprint density at radius 3 is 2.55 bits per heavy atom. The molecule has 0 aliphatic carbocycles. The average Bonchev–Trinajstić information content (AvgIpc) is 3.42. The van der Waals surface area contributed by atoms with Crippen molar-refractivity contribution in [2.75, 3.05) is 7.11 Å². The third-order valence-electron chi connectivity index (χ3n) is 5.47. The number of hydrogen-bond donors (Lipinski definition) is 0. The Morgan fingerprint density at radius 2 is 1.97 bits per heavy atom. The van der Waals surface area contributed by atoms with Crippen molar-refractivity contribution in [1.29, 1.82) is 0 Å². The predicted molar refractivity (Wildman–Crippen MR) is 130 cm³/mol. The maximum absolute atomic E-state index is 12.3. The van der Waals surface area contributed by atoms with Crippen LogP contribution in [0.1, 0.15) is 43.2 Å². The fourth-order valence-electron chi connectivity index (χ4n) is 3.68. The first-order chi connectivity index (χ1) is 14.8. The van der Waals surface area contributed by atoms with E-state index in [0.717, 1.165) is 45.9 Å². The smallest absolute Gasteiger partial charge is 0.178 e. The molecule has 0 radical (unpaired) electrons. The standard InChI is InChI=1S/C26H30N2O2S/c1-17(26(20(4)29)27-19(3)25-8-7-13-31-25)9-10-21-15-24(30-6)23(14-18(21)2)22-11-12-28(5)16-22/h7-8,11-16H,9-10H2,1-6H3/b26-17+,27-19?. The highest BCUT2D eigenvalue weighted by molar-refractivity contribution is 7.12. The number of aliphatic imine (C=N–C) groups is 1. The molecule has 0 N–H and O–H groups in total. The lowest BCUT2D eigenvalue weighted by Crippen LogP contribution is -2.03. The number of benzene rings is 1. The number of allylic oxidation sites excluding steroid dienone is 2. The summed E-state index contributed by atoms with van der Waals surface area (Å²) in [4.78, 5) is 18.0. The number of aryl methyl sites for hydroxylation is 3. The van der Waals surface area contributed by atoms with Gasteiger partial charge >= 0.3 is 0 Å². The summed E-state index contributed by atoms with van der Waals surface area (Å²) >= 11 is 1.63. The van der Waals surface area contributed by atoms with Gasteiger partial charge in [-0.2, -0.15) is 0 Å². The van der Waals surface area contributed by atoms with Crippen molar-refractivity contribution in [2.24, 2.45) is 12.0 Å². The molecule has 4 nitrogen and oxygen atoms in total. The Bertz CT molecular complexity index is 1130. The maximum Gasteiger partial charge on any atom is 0.178 e. The van der Waals surface area contributed by atoms with E-state index in [2.05, 4.69) is 36.3 Å². The van der Waals surface area contributed by atoms with E-state index in [-0.39, 0.29) is 5.78 Å². The zero-order valence-corrected chi connectivity index (χ0v) is 20.0. The molecule has 0 atom stereocenters. The van der Waals surface area contributed by atoms with Crippen LogP contribution in [0.4, 0.5) is 0 Å². The number of thiophene rings is 1. The Morgan fingerprint density at radius 1 is 1.19 bits per heavy atom. The second-order valence-corrected chi connectivity index (χ2v) is 8.85. The van der Waals surface area contributed by atoms with Crippen LogP contribution in [0.2, 0.25) is 0 Å². The van der Waals surface area contributed by atoms with Crippen LogP contribution in [-0.2, 0) is 18.3 Å². The fourth-order valence-corrected chi connectivity index (χ4v) is 4.36. The van der Waals surface area contributed by atoms with Gasteiger partial charge in [-0.3, -0.25) is 4.79 Å². The summed E-state index contributed by atoms with van der Waals surface area (Å²) in [6, 6.07) is 10.4. The zero-order chi connectivity index (χ0) is 22.5. The van der Waals surface area contributed by atoms with Gasteiger partial charge in [0.2, 0.25) is 0 Å². The molecule has 0 unspecified atom stereocenters. The number of ketones is 1. The Kier molecular flexibility index (Phi) is 7.29. The van der Waals surface area contributed by atoms with Gasteiger partial charge in [-0.25, -0.2) is 4.99 Å². The Balaban J connectivity index is 1.86. The SMILES string of the molecule is COc1cc(CC/C(C)=C(/N=C(C)c2cccs2)C(C)=O)c(C)cc1-c1ccn(C)c1. The van der Waals surface area contributed by atoms with E-state index in [1.807, 2.05) is 49.2 Å². The van der Waals surface area contributed by atoms with Crippen molar-refractivity contribution in [3.63, 3.8) is 0 Å². The Hall–Kier alpha value is -2.92. The van der Waals surface area contributed by atoms with Crippen LogP contribution in [0, 0.1) is 6.92 Å². The van der Waals surface area contributed by atoms with Crippen LogP contribution in [0.25, 0.3) is 11.1 Å². The molecule has 0 spiro atoms. The van der Waals surface area contributed by atoms with E-state index in [1.54, 1.807) is 25.4 Å². The summed E-state index contributed by atoms with van der Waals surface area (Å²) in [5, 5.41) is 2.02. The summed E-state index contributed by atoms with van der Waals surface area (Å²) < 4.78 is 7.73. The minimum atomic E-state index is 0.00198. The van der Waals surface area contributed by atoms with Gasteiger partial charge in [0.1, 0.15) is 11.4 Å². The number of carbonyl (C=O) groups is 1. The topological polar surface area (TPSA) is 43.6 Å². The molecule has 31 heavy (non-hydrogen) atoms. The minimum absolute atomic E-state index is 0.00198. The van der Waals surface area contributed by atoms with E-state index < -0.39 is 0 Å². The summed E-state index contributed by atoms with van der Waals surface area (Å²) in [7, 11) is 3.73. The largest absolute Gasteiger partial charge is 0.496 e. The number of nitrogens with zero attached hydrogens (tertiary/aromatic N) is 2. The van der Waals surface area contributed by atoms with Crippen molar-refractivity contribution in [1.82, 2.24) is 4.57 Å². The highest BCUT2D eigenvalue weighted by atomic mass is 32.1. The van der Waals surface area contributed by atoms with Gasteiger partial charge < -0.3 is 9.30 Å². The summed E-state index contributed by atoms with van der Waals surface area (Å²) in [5.74, 6) is 0.869. The van der Waals surface area contributed by atoms with Crippen LogP contribution in [-0.4, -0.2) is 23.2 Å². The lowest BCUT2D eigenvalue weighted by molar-refractivity contribution is -0.113. The number of ether oxygens (including phenoxy) is 1. The lowest BCUT2D eigenvalue weighted by Gasteiger charge is -2.14. The van der Waals surface area contributed by atoms with Gasteiger partial charge in [-0.05, 0) is 80.0 Å². The molecule has 2 heterocycles. The third kappa shape index (κ3) is 5.42. The minimum Gasteiger partial charge on any atom is -0.496 e. The molecule has 3 aromatic rings. The van der Waals surface area contributed by atoms with Gasteiger partial charge in [-0.15, -0.1) is 11.3 Å². The monoisotopic (exact) mass is 434 g/mol. The summed E-state index contributed by atoms with van der Waals surface area (Å²) in [6.45, 7) is 7.68. The number of carbonyl (C=O) groups excluding carboxylic acids is 1. The molecule has 5 heteroatoms. The van der Waals surface area contributed by atoms with E-state index >= 15 is 0 Å². The van der Waals surface area contributed by atoms with Gasteiger partial charge in [0.25, 0.3) is 0 Å². The van der Waals surface area contributed by atoms with Crippen molar-refractivity contribution < 1.29 is 9.53 Å². The van der Waals surface area contributed by atoms with E-state index in [4.69, 9.17) is 4.74 Å². The van der Waals surface area contributed by atoms with Crippen LogP contribution < -0.4 is 4.74 Å². The van der Waals surface area contributed by atoms with E-state index in [9.17, 15) is 4.79 Å². The third-order valence-corrected chi connectivity index (χ3v) is 6.44. The van der Waals surface area contributed by atoms with Gasteiger partial charge in [0.15, 0.2) is 5.78 Å². The molecule has 0 aliphatic rings. The lowest BCUT2D eigenvalue weighted by atomic mass is 9.95. The molecule has 0 aliphatic heterocycles. The second kappa shape index (κ2) is 9.92. The molecular formula is C26H30N2O2S. The number of hydrogen-bond acceptors (Lipinski definition) is 4. The first-order valence-corrected chi connectivity index (χ1v) is 11.3. The highest BCUT2D eigenvalue weighted by Crippen LogP contribution is 2.33. The second-order valence-electron chi connectivity index (χ2n) is 7.90. The predicted octanol–water partition coefficient (Wildman–Crippen LogP) is 6.38. The number of aromatic nitrogens is 1. The molecule has 162 valence electrons. The number of Topliss-reactive ketones (excluding diaryl/α,β-unsaturated/α-hetero) is 1. The van der Waals surface area contributed by atoms with E-state index in [0.29, 0.717) is 5.70 Å².